The van der Waals surface area contributed by atoms with E-state index in [1.165, 1.54) is 0 Å². The van der Waals surface area contributed by atoms with Crippen molar-refractivity contribution in [2.75, 3.05) is 0 Å². The van der Waals surface area contributed by atoms with Crippen LogP contribution in [0, 0.1) is 0 Å². The molecule has 1 atom stereocenters. The summed E-state index contributed by atoms with van der Waals surface area (Å²) in [6.45, 7) is 2.20. The molecule has 0 saturated carbocycles. The molecule has 0 spiro atoms. The molecule has 0 bridgehead atoms. The summed E-state index contributed by atoms with van der Waals surface area (Å²) in [6, 6.07) is 3.08. The van der Waals surface area contributed by atoms with Gasteiger partial charge in [-0.2, -0.15) is 0 Å². The molecule has 0 saturated heterocycles. The lowest BCUT2D eigenvalue weighted by atomic mass is 10.3. The predicted octanol–water partition coefficient (Wildman–Crippen LogP) is 0.969. The van der Waals surface area contributed by atoms with Crippen LogP contribution in [-0.4, -0.2) is 20.8 Å². The Kier molecular flexibility index (Phi) is 3.61. The summed E-state index contributed by atoms with van der Waals surface area (Å²) < 4.78 is 6.87. The number of hydrogen-bond acceptors (Lipinski definition) is 4. The fourth-order valence-electron chi connectivity index (χ4n) is 1.58. The fourth-order valence-corrected chi connectivity index (χ4v) is 1.58. The average Bonchev–Trinajstić information content (AvgIpc) is 2.97. The van der Waals surface area contributed by atoms with Gasteiger partial charge in [-0.25, -0.2) is 4.79 Å². The maximum absolute atomic E-state index is 11.6. The maximum Gasteiger partial charge on any atom is 0.315 e. The highest BCUT2D eigenvalue weighted by atomic mass is 16.3. The van der Waals surface area contributed by atoms with Gasteiger partial charge >= 0.3 is 6.03 Å². The first kappa shape index (κ1) is 12.2. The molecule has 18 heavy (non-hydrogen) atoms. The van der Waals surface area contributed by atoms with Crippen LogP contribution in [0.3, 0.4) is 0 Å². The van der Waals surface area contributed by atoms with Gasteiger partial charge < -0.3 is 19.6 Å². The number of hydrogen-bond donors (Lipinski definition) is 2. The molecule has 2 aromatic heterocycles. The topological polar surface area (TPSA) is 85.0 Å². The fraction of sp³-hybridized carbons (Fsp3) is 0.364. The van der Waals surface area contributed by atoms with Gasteiger partial charge in [0.1, 0.15) is 12.1 Å². The minimum Gasteiger partial charge on any atom is -0.467 e. The van der Waals surface area contributed by atoms with E-state index >= 15 is 0 Å². The zero-order chi connectivity index (χ0) is 13.0. The van der Waals surface area contributed by atoms with Crippen molar-refractivity contribution < 1.29 is 9.21 Å². The standard InChI is InChI=1S/C11H15N5O2/c1-8(10-15-13-7-16(10)2)14-11(17)12-6-9-4-3-5-18-9/h3-5,7-8H,6H2,1-2H3,(H2,12,14,17)/t8-/m0/s1. The normalized spacial score (nSPS) is 12.1. The Morgan fingerprint density at radius 2 is 2.44 bits per heavy atom. The predicted molar refractivity (Wildman–Crippen MR) is 63.5 cm³/mol. The van der Waals surface area contributed by atoms with Gasteiger partial charge in [-0.3, -0.25) is 0 Å². The Labute approximate surface area is 104 Å². The van der Waals surface area contributed by atoms with Crippen LogP contribution < -0.4 is 10.6 Å². The monoisotopic (exact) mass is 249 g/mol. The number of nitrogens with one attached hydrogen (secondary N) is 2. The van der Waals surface area contributed by atoms with Crippen LogP contribution >= 0.6 is 0 Å². The second-order valence-corrected chi connectivity index (χ2v) is 3.93. The van der Waals surface area contributed by atoms with Crippen LogP contribution in [-0.2, 0) is 13.6 Å². The molecule has 0 aromatic carbocycles. The van der Waals surface area contributed by atoms with Crippen LogP contribution in [0.1, 0.15) is 24.6 Å². The number of rotatable bonds is 4. The molecule has 0 fully saturated rings. The summed E-state index contributed by atoms with van der Waals surface area (Å²) in [7, 11) is 1.83. The molecule has 2 aromatic rings. The third kappa shape index (κ3) is 2.88. The number of aryl methyl sites for hydroxylation is 1. The highest BCUT2D eigenvalue weighted by Crippen LogP contribution is 2.06. The first-order chi connectivity index (χ1) is 8.66. The van der Waals surface area contributed by atoms with E-state index in [9.17, 15) is 4.79 Å². The van der Waals surface area contributed by atoms with Gasteiger partial charge in [-0.15, -0.1) is 10.2 Å². The summed E-state index contributed by atoms with van der Waals surface area (Å²) in [5, 5.41) is 13.2. The van der Waals surface area contributed by atoms with E-state index in [2.05, 4.69) is 20.8 Å². The number of furan rings is 1. The van der Waals surface area contributed by atoms with Crippen molar-refractivity contribution in [2.45, 2.75) is 19.5 Å². The van der Waals surface area contributed by atoms with Gasteiger partial charge in [-0.1, -0.05) is 0 Å². The number of urea groups is 1. The zero-order valence-corrected chi connectivity index (χ0v) is 10.3. The Balaban J connectivity index is 1.82. The first-order valence-corrected chi connectivity index (χ1v) is 5.57. The molecule has 2 N–H and O–H groups in total. The zero-order valence-electron chi connectivity index (χ0n) is 10.3. The largest absolute Gasteiger partial charge is 0.467 e. The molecule has 0 radical (unpaired) electrons. The second kappa shape index (κ2) is 5.35. The van der Waals surface area contributed by atoms with E-state index in [0.717, 1.165) is 0 Å². The average molecular weight is 249 g/mol. The molecule has 7 heteroatoms. The summed E-state index contributed by atoms with van der Waals surface area (Å²) in [5.41, 5.74) is 0. The van der Waals surface area contributed by atoms with Crippen LogP contribution in [0.2, 0.25) is 0 Å². The third-order valence-electron chi connectivity index (χ3n) is 2.48. The highest BCUT2D eigenvalue weighted by Gasteiger charge is 2.13. The Morgan fingerprint density at radius 3 is 3.06 bits per heavy atom. The smallest absolute Gasteiger partial charge is 0.315 e. The Bertz CT molecular complexity index is 505. The number of aromatic nitrogens is 3. The van der Waals surface area contributed by atoms with Gasteiger partial charge in [0.15, 0.2) is 5.82 Å². The highest BCUT2D eigenvalue weighted by molar-refractivity contribution is 5.74. The second-order valence-electron chi connectivity index (χ2n) is 3.93. The Morgan fingerprint density at radius 1 is 1.61 bits per heavy atom. The molecule has 2 rings (SSSR count). The van der Waals surface area contributed by atoms with Gasteiger partial charge in [0.25, 0.3) is 0 Å². The van der Waals surface area contributed by atoms with Gasteiger partial charge in [0.2, 0.25) is 0 Å². The molecule has 0 aliphatic rings. The lowest BCUT2D eigenvalue weighted by molar-refractivity contribution is 0.236. The first-order valence-electron chi connectivity index (χ1n) is 5.57. The molecule has 2 heterocycles. The summed E-state index contributed by atoms with van der Waals surface area (Å²) in [5.74, 6) is 1.40. The van der Waals surface area contributed by atoms with Crippen LogP contribution in [0.4, 0.5) is 4.79 Å². The van der Waals surface area contributed by atoms with Crippen molar-refractivity contribution in [1.29, 1.82) is 0 Å². The molecule has 0 unspecified atom stereocenters. The van der Waals surface area contributed by atoms with E-state index < -0.39 is 0 Å². The minimum absolute atomic E-state index is 0.214. The molecule has 0 aliphatic heterocycles. The van der Waals surface area contributed by atoms with Crippen molar-refractivity contribution in [3.63, 3.8) is 0 Å². The minimum atomic E-state index is -0.276. The molecule has 7 nitrogen and oxygen atoms in total. The van der Waals surface area contributed by atoms with Gasteiger partial charge in [0, 0.05) is 7.05 Å². The summed E-state index contributed by atoms with van der Waals surface area (Å²) in [6.07, 6.45) is 3.16. The van der Waals surface area contributed by atoms with Crippen LogP contribution in [0.15, 0.2) is 29.1 Å². The van der Waals surface area contributed by atoms with Crippen molar-refractivity contribution >= 4 is 6.03 Å². The number of amides is 2. The lowest BCUT2D eigenvalue weighted by Gasteiger charge is -2.13. The number of carbonyl (C=O) groups excluding carboxylic acids is 1. The van der Waals surface area contributed by atoms with E-state index in [1.807, 2.05) is 14.0 Å². The summed E-state index contributed by atoms with van der Waals surface area (Å²) in [4.78, 5) is 11.6. The number of nitrogens with zero attached hydrogens (tertiary/aromatic N) is 3. The van der Waals surface area contributed by atoms with E-state index in [1.54, 1.807) is 29.3 Å². The van der Waals surface area contributed by atoms with E-state index in [4.69, 9.17) is 4.42 Å². The van der Waals surface area contributed by atoms with E-state index in [0.29, 0.717) is 18.1 Å². The third-order valence-corrected chi connectivity index (χ3v) is 2.48. The van der Waals surface area contributed by atoms with Crippen molar-refractivity contribution in [3.8, 4) is 0 Å². The lowest BCUT2D eigenvalue weighted by Crippen LogP contribution is -2.37. The Hall–Kier alpha value is -2.31. The molecule has 2 amide bonds. The quantitative estimate of drug-likeness (QED) is 0.845. The molecule has 0 aliphatic carbocycles. The van der Waals surface area contributed by atoms with Crippen LogP contribution in [0.25, 0.3) is 0 Å². The van der Waals surface area contributed by atoms with Crippen LogP contribution in [0.5, 0.6) is 0 Å². The van der Waals surface area contributed by atoms with Gasteiger partial charge in [-0.05, 0) is 19.1 Å². The van der Waals surface area contributed by atoms with E-state index in [-0.39, 0.29) is 12.1 Å². The molecular weight excluding hydrogens is 234 g/mol. The van der Waals surface area contributed by atoms with Crippen molar-refractivity contribution in [1.82, 2.24) is 25.4 Å². The summed E-state index contributed by atoms with van der Waals surface area (Å²) >= 11 is 0. The number of carbonyl (C=O) groups is 1. The molecular formula is C11H15N5O2. The van der Waals surface area contributed by atoms with Gasteiger partial charge in [0.05, 0.1) is 18.8 Å². The maximum atomic E-state index is 11.6. The molecule has 96 valence electrons. The SMILES string of the molecule is C[C@H](NC(=O)NCc1ccco1)c1nncn1C. The van der Waals surface area contributed by atoms with Crippen molar-refractivity contribution in [3.05, 3.63) is 36.3 Å². The van der Waals surface area contributed by atoms with Crippen molar-refractivity contribution in [2.24, 2.45) is 7.05 Å².